The summed E-state index contributed by atoms with van der Waals surface area (Å²) < 4.78 is 6.06. The van der Waals surface area contributed by atoms with E-state index in [9.17, 15) is 0 Å². The standard InChI is InChI=1S/C15H29NO2/c1-13-4-2-3-5-15(13)18-11-10-16-8-6-14(12-17)7-9-16/h13-15,17H,2-12H2,1H3/t13-,15-/m1/s1. The first-order valence-corrected chi connectivity index (χ1v) is 7.74. The molecule has 1 aliphatic carbocycles. The number of ether oxygens (including phenoxy) is 1. The second kappa shape index (κ2) is 7.46. The van der Waals surface area contributed by atoms with Gasteiger partial charge in [0, 0.05) is 13.2 Å². The fourth-order valence-corrected chi connectivity index (χ4v) is 3.26. The van der Waals surface area contributed by atoms with Gasteiger partial charge in [-0.05, 0) is 50.6 Å². The Labute approximate surface area is 112 Å². The number of aliphatic hydroxyl groups excluding tert-OH is 1. The zero-order chi connectivity index (χ0) is 12.8. The minimum Gasteiger partial charge on any atom is -0.396 e. The first kappa shape index (κ1) is 14.3. The lowest BCUT2D eigenvalue weighted by Gasteiger charge is -2.33. The maximum atomic E-state index is 9.11. The molecule has 0 radical (unpaired) electrons. The predicted molar refractivity (Wildman–Crippen MR) is 73.6 cm³/mol. The van der Waals surface area contributed by atoms with Gasteiger partial charge in [0.2, 0.25) is 0 Å². The van der Waals surface area contributed by atoms with Crippen molar-refractivity contribution < 1.29 is 9.84 Å². The number of nitrogens with zero attached hydrogens (tertiary/aromatic N) is 1. The van der Waals surface area contributed by atoms with Gasteiger partial charge < -0.3 is 14.7 Å². The molecule has 2 aliphatic rings. The fraction of sp³-hybridized carbons (Fsp3) is 1.00. The highest BCUT2D eigenvalue weighted by molar-refractivity contribution is 4.74. The van der Waals surface area contributed by atoms with E-state index in [1.807, 2.05) is 0 Å². The van der Waals surface area contributed by atoms with Crippen LogP contribution >= 0.6 is 0 Å². The van der Waals surface area contributed by atoms with Crippen LogP contribution in [0, 0.1) is 11.8 Å². The summed E-state index contributed by atoms with van der Waals surface area (Å²) >= 11 is 0. The van der Waals surface area contributed by atoms with Gasteiger partial charge in [0.05, 0.1) is 12.7 Å². The Morgan fingerprint density at radius 2 is 1.83 bits per heavy atom. The van der Waals surface area contributed by atoms with Gasteiger partial charge in [0.25, 0.3) is 0 Å². The van der Waals surface area contributed by atoms with Crippen molar-refractivity contribution in [1.29, 1.82) is 0 Å². The molecule has 0 aromatic carbocycles. The molecule has 3 heteroatoms. The van der Waals surface area contributed by atoms with Gasteiger partial charge in [0.15, 0.2) is 0 Å². The molecule has 1 saturated heterocycles. The average Bonchev–Trinajstić information content (AvgIpc) is 2.42. The van der Waals surface area contributed by atoms with Crippen molar-refractivity contribution in [3.05, 3.63) is 0 Å². The monoisotopic (exact) mass is 255 g/mol. The summed E-state index contributed by atoms with van der Waals surface area (Å²) in [5.74, 6) is 1.29. The molecule has 2 rings (SSSR count). The predicted octanol–water partition coefficient (Wildman–Crippen LogP) is 2.29. The lowest BCUT2D eigenvalue weighted by Crippen LogP contribution is -2.38. The van der Waals surface area contributed by atoms with Crippen LogP contribution in [-0.4, -0.2) is 49.0 Å². The molecule has 0 aromatic rings. The minimum atomic E-state index is 0.365. The summed E-state index contributed by atoms with van der Waals surface area (Å²) in [6.45, 7) is 6.92. The highest BCUT2D eigenvalue weighted by Gasteiger charge is 2.22. The van der Waals surface area contributed by atoms with Gasteiger partial charge in [-0.15, -0.1) is 0 Å². The van der Waals surface area contributed by atoms with Gasteiger partial charge in [-0.3, -0.25) is 0 Å². The van der Waals surface area contributed by atoms with E-state index >= 15 is 0 Å². The van der Waals surface area contributed by atoms with Crippen molar-refractivity contribution in [1.82, 2.24) is 4.90 Å². The average molecular weight is 255 g/mol. The molecule has 3 nitrogen and oxygen atoms in total. The maximum Gasteiger partial charge on any atom is 0.0601 e. The van der Waals surface area contributed by atoms with Crippen LogP contribution in [0.4, 0.5) is 0 Å². The molecular formula is C15H29NO2. The number of hydrogen-bond donors (Lipinski definition) is 1. The molecule has 18 heavy (non-hydrogen) atoms. The lowest BCUT2D eigenvalue weighted by atomic mass is 9.88. The molecule has 0 spiro atoms. The van der Waals surface area contributed by atoms with Gasteiger partial charge in [-0.2, -0.15) is 0 Å². The first-order chi connectivity index (χ1) is 8.79. The maximum absolute atomic E-state index is 9.11. The Bertz CT molecular complexity index is 227. The van der Waals surface area contributed by atoms with E-state index in [2.05, 4.69) is 11.8 Å². The Balaban J connectivity index is 1.58. The van der Waals surface area contributed by atoms with Crippen LogP contribution in [0.2, 0.25) is 0 Å². The highest BCUT2D eigenvalue weighted by atomic mass is 16.5. The number of rotatable bonds is 5. The quantitative estimate of drug-likeness (QED) is 0.818. The third-order valence-corrected chi connectivity index (χ3v) is 4.74. The molecular weight excluding hydrogens is 226 g/mol. The van der Waals surface area contributed by atoms with Crippen molar-refractivity contribution in [3.8, 4) is 0 Å². The summed E-state index contributed by atoms with van der Waals surface area (Å²) in [6.07, 6.45) is 8.13. The van der Waals surface area contributed by atoms with E-state index in [0.717, 1.165) is 45.0 Å². The van der Waals surface area contributed by atoms with Gasteiger partial charge in [0.1, 0.15) is 0 Å². The summed E-state index contributed by atoms with van der Waals surface area (Å²) in [6, 6.07) is 0. The van der Waals surface area contributed by atoms with Gasteiger partial charge >= 0.3 is 0 Å². The molecule has 106 valence electrons. The molecule has 1 heterocycles. The van der Waals surface area contributed by atoms with Crippen molar-refractivity contribution in [2.75, 3.05) is 32.8 Å². The topological polar surface area (TPSA) is 32.7 Å². The van der Waals surface area contributed by atoms with Crippen molar-refractivity contribution >= 4 is 0 Å². The van der Waals surface area contributed by atoms with E-state index in [0.29, 0.717) is 18.6 Å². The SMILES string of the molecule is C[C@@H]1CCCC[C@H]1OCCN1CCC(CO)CC1. The molecule has 0 bridgehead atoms. The number of hydrogen-bond acceptors (Lipinski definition) is 3. The van der Waals surface area contributed by atoms with E-state index in [-0.39, 0.29) is 0 Å². The van der Waals surface area contributed by atoms with Crippen LogP contribution in [-0.2, 0) is 4.74 Å². The Hall–Kier alpha value is -0.120. The lowest BCUT2D eigenvalue weighted by molar-refractivity contribution is -0.0173. The number of likely N-dealkylation sites (tertiary alicyclic amines) is 1. The summed E-state index contributed by atoms with van der Waals surface area (Å²) in [7, 11) is 0. The molecule has 2 atom stereocenters. The normalized spacial score (nSPS) is 31.7. The molecule has 0 unspecified atom stereocenters. The van der Waals surface area contributed by atoms with Crippen molar-refractivity contribution in [3.63, 3.8) is 0 Å². The van der Waals surface area contributed by atoms with Gasteiger partial charge in [-0.1, -0.05) is 19.8 Å². The summed E-state index contributed by atoms with van der Waals surface area (Å²) in [4.78, 5) is 2.49. The largest absolute Gasteiger partial charge is 0.396 e. The number of piperidine rings is 1. The molecule has 1 aliphatic heterocycles. The smallest absolute Gasteiger partial charge is 0.0601 e. The Morgan fingerprint density at radius 1 is 1.11 bits per heavy atom. The van der Waals surface area contributed by atoms with E-state index in [1.54, 1.807) is 0 Å². The van der Waals surface area contributed by atoms with Crippen LogP contribution in [0.15, 0.2) is 0 Å². The third-order valence-electron chi connectivity index (χ3n) is 4.74. The van der Waals surface area contributed by atoms with Crippen LogP contribution in [0.1, 0.15) is 45.4 Å². The van der Waals surface area contributed by atoms with Crippen LogP contribution < -0.4 is 0 Å². The zero-order valence-electron chi connectivity index (χ0n) is 11.8. The van der Waals surface area contributed by atoms with E-state index < -0.39 is 0 Å². The summed E-state index contributed by atoms with van der Waals surface area (Å²) in [5.41, 5.74) is 0. The first-order valence-electron chi connectivity index (χ1n) is 7.74. The molecule has 0 amide bonds. The summed E-state index contributed by atoms with van der Waals surface area (Å²) in [5, 5.41) is 9.11. The number of aliphatic hydroxyl groups is 1. The second-order valence-corrected chi connectivity index (χ2v) is 6.14. The minimum absolute atomic E-state index is 0.365. The molecule has 2 fully saturated rings. The molecule has 1 N–H and O–H groups in total. The Morgan fingerprint density at radius 3 is 2.50 bits per heavy atom. The third kappa shape index (κ3) is 4.22. The van der Waals surface area contributed by atoms with E-state index in [1.165, 1.54) is 25.7 Å². The van der Waals surface area contributed by atoms with Gasteiger partial charge in [-0.25, -0.2) is 0 Å². The Kier molecular flexibility index (Phi) is 5.93. The molecule has 1 saturated carbocycles. The second-order valence-electron chi connectivity index (χ2n) is 6.14. The van der Waals surface area contributed by atoms with Crippen molar-refractivity contribution in [2.45, 2.75) is 51.6 Å². The van der Waals surface area contributed by atoms with Crippen LogP contribution in [0.5, 0.6) is 0 Å². The zero-order valence-corrected chi connectivity index (χ0v) is 11.8. The highest BCUT2D eigenvalue weighted by Crippen LogP contribution is 2.26. The van der Waals surface area contributed by atoms with Crippen LogP contribution in [0.3, 0.4) is 0 Å². The fourth-order valence-electron chi connectivity index (χ4n) is 3.26. The van der Waals surface area contributed by atoms with E-state index in [4.69, 9.17) is 9.84 Å². The van der Waals surface area contributed by atoms with Crippen LogP contribution in [0.25, 0.3) is 0 Å². The van der Waals surface area contributed by atoms with Crippen molar-refractivity contribution in [2.24, 2.45) is 11.8 Å². The molecule has 0 aromatic heterocycles.